The Morgan fingerprint density at radius 1 is 0.368 bits per heavy atom. The smallest absolute Gasteiger partial charge is 0.0547 e. The van der Waals surface area contributed by atoms with Crippen molar-refractivity contribution in [3.8, 4) is 11.1 Å². The molecule has 0 N–H and O–H groups in total. The maximum Gasteiger partial charge on any atom is 0.0547 e. The molecule has 0 amide bonds. The molecule has 0 aliphatic heterocycles. The molecule has 0 unspecified atom stereocenters. The van der Waals surface area contributed by atoms with Gasteiger partial charge in [-0.1, -0.05) is 145 Å². The second kappa shape index (κ2) is 16.2. The lowest BCUT2D eigenvalue weighted by molar-refractivity contribution is 1.22. The molecule has 0 heterocycles. The summed E-state index contributed by atoms with van der Waals surface area (Å²) >= 11 is 0. The topological polar surface area (TPSA) is 6.48 Å². The van der Waals surface area contributed by atoms with E-state index < -0.39 is 0 Å². The van der Waals surface area contributed by atoms with Crippen molar-refractivity contribution < 1.29 is 0 Å². The fourth-order valence-electron chi connectivity index (χ4n) is 10.8. The summed E-state index contributed by atoms with van der Waals surface area (Å²) < 4.78 is 0. The fraction of sp³-hybridized carbons (Fsp3) is 0.0909. The quantitative estimate of drug-likeness (QED) is 0.111. The number of anilines is 6. The van der Waals surface area contributed by atoms with Crippen molar-refractivity contribution in [3.63, 3.8) is 0 Å². The van der Waals surface area contributed by atoms with Crippen molar-refractivity contribution in [2.45, 2.75) is 41.5 Å². The molecular formula is C66H50N2. The highest BCUT2D eigenvalue weighted by atomic mass is 15.2. The van der Waals surface area contributed by atoms with E-state index in [1.54, 1.807) is 0 Å². The van der Waals surface area contributed by atoms with E-state index >= 15 is 0 Å². The number of nitrogens with zero attached hydrogens (tertiary/aromatic N) is 2. The molecule has 324 valence electrons. The number of allylic oxidation sites excluding steroid dienone is 4. The van der Waals surface area contributed by atoms with Crippen LogP contribution in [-0.4, -0.2) is 0 Å². The molecule has 12 rings (SSSR count). The predicted molar refractivity (Wildman–Crippen MR) is 293 cm³/mol. The molecule has 0 spiro atoms. The Hall–Kier alpha value is -8.38. The summed E-state index contributed by atoms with van der Waals surface area (Å²) in [5, 5.41) is 12.0. The molecule has 1 aliphatic carbocycles. The molecule has 68 heavy (non-hydrogen) atoms. The van der Waals surface area contributed by atoms with Gasteiger partial charge in [-0.15, -0.1) is 0 Å². The van der Waals surface area contributed by atoms with Crippen LogP contribution in [0.25, 0.3) is 70.6 Å². The number of hydrogen-bond acceptors (Lipinski definition) is 2. The number of rotatable bonds is 8. The van der Waals surface area contributed by atoms with Crippen LogP contribution >= 0.6 is 0 Å². The van der Waals surface area contributed by atoms with Crippen LogP contribution in [0.2, 0.25) is 0 Å². The van der Waals surface area contributed by atoms with Crippen molar-refractivity contribution in [3.05, 3.63) is 245 Å². The summed E-state index contributed by atoms with van der Waals surface area (Å²) in [6, 6.07) is 65.8. The average Bonchev–Trinajstić information content (AvgIpc) is 3.37. The van der Waals surface area contributed by atoms with E-state index in [0.29, 0.717) is 0 Å². The van der Waals surface area contributed by atoms with Crippen LogP contribution in [0, 0.1) is 41.5 Å². The van der Waals surface area contributed by atoms with Crippen LogP contribution in [0.5, 0.6) is 0 Å². The molecule has 0 bridgehead atoms. The predicted octanol–water partition coefficient (Wildman–Crippen LogP) is 18.6. The summed E-state index contributed by atoms with van der Waals surface area (Å²) in [6.45, 7) is 13.4. The Morgan fingerprint density at radius 3 is 1.31 bits per heavy atom. The van der Waals surface area contributed by atoms with E-state index in [4.69, 9.17) is 0 Å². The van der Waals surface area contributed by atoms with Crippen molar-refractivity contribution in [1.29, 1.82) is 0 Å². The van der Waals surface area contributed by atoms with Gasteiger partial charge in [0.05, 0.1) is 22.7 Å². The van der Waals surface area contributed by atoms with Crippen LogP contribution < -0.4 is 9.80 Å². The first-order valence-electron chi connectivity index (χ1n) is 23.7. The Morgan fingerprint density at radius 2 is 0.809 bits per heavy atom. The number of hydrogen-bond donors (Lipinski definition) is 0. The monoisotopic (exact) mass is 870 g/mol. The van der Waals surface area contributed by atoms with E-state index in [2.05, 4.69) is 251 Å². The first-order valence-corrected chi connectivity index (χ1v) is 23.7. The largest absolute Gasteiger partial charge is 0.309 e. The van der Waals surface area contributed by atoms with Crippen molar-refractivity contribution in [2.75, 3.05) is 9.80 Å². The van der Waals surface area contributed by atoms with Gasteiger partial charge in [0.15, 0.2) is 0 Å². The van der Waals surface area contributed by atoms with Gasteiger partial charge < -0.3 is 9.80 Å². The zero-order valence-electron chi connectivity index (χ0n) is 39.4. The normalized spacial score (nSPS) is 12.3. The third-order valence-corrected chi connectivity index (χ3v) is 14.7. The summed E-state index contributed by atoms with van der Waals surface area (Å²) in [5.74, 6) is 0. The summed E-state index contributed by atoms with van der Waals surface area (Å²) in [4.78, 5) is 5.05. The lowest BCUT2D eigenvalue weighted by atomic mass is 9.85. The van der Waals surface area contributed by atoms with E-state index in [1.807, 2.05) is 6.08 Å². The molecule has 0 atom stereocenters. The Labute approximate surface area is 398 Å². The molecule has 0 fully saturated rings. The van der Waals surface area contributed by atoms with E-state index in [-0.39, 0.29) is 0 Å². The van der Waals surface area contributed by atoms with Crippen molar-refractivity contribution >= 4 is 93.6 Å². The Bertz CT molecular complexity index is 3950. The van der Waals surface area contributed by atoms with Crippen molar-refractivity contribution in [2.24, 2.45) is 0 Å². The first-order chi connectivity index (χ1) is 33.2. The second-order valence-electron chi connectivity index (χ2n) is 18.6. The maximum absolute atomic E-state index is 3.55. The average molecular weight is 871 g/mol. The third-order valence-electron chi connectivity index (χ3n) is 14.7. The van der Waals surface area contributed by atoms with Gasteiger partial charge in [0.1, 0.15) is 0 Å². The lowest BCUT2D eigenvalue weighted by Gasteiger charge is -2.32. The summed E-state index contributed by atoms with van der Waals surface area (Å²) in [7, 11) is 0. The maximum atomic E-state index is 3.55. The van der Waals surface area contributed by atoms with Gasteiger partial charge >= 0.3 is 0 Å². The van der Waals surface area contributed by atoms with Crippen LogP contribution in [0.15, 0.2) is 206 Å². The SMILES string of the molecule is Cc1cc(N(c2cccc3ccccc23)c2cc(C3=C=C=CC=C3)c3ccc4c(N(c5cc(C)c(C)c(C)c5)c5cccc6ccccc56)cc(-c5ccccc5)c5ccc2c3c54)cc(C)c1C. The number of aryl methyl sites for hydroxylation is 4. The molecular weight excluding hydrogens is 821 g/mol. The van der Waals surface area contributed by atoms with Crippen molar-refractivity contribution in [1.82, 2.24) is 0 Å². The Balaban J connectivity index is 1.28. The molecule has 2 nitrogen and oxygen atoms in total. The third kappa shape index (κ3) is 6.57. The first kappa shape index (κ1) is 41.1. The highest BCUT2D eigenvalue weighted by Crippen LogP contribution is 2.53. The van der Waals surface area contributed by atoms with Crippen LogP contribution in [0.1, 0.15) is 38.9 Å². The van der Waals surface area contributed by atoms with E-state index in [0.717, 1.165) is 45.3 Å². The summed E-state index contributed by atoms with van der Waals surface area (Å²) in [6.07, 6.45) is 6.20. The highest BCUT2D eigenvalue weighted by Gasteiger charge is 2.27. The van der Waals surface area contributed by atoms with Gasteiger partial charge in [0.25, 0.3) is 0 Å². The van der Waals surface area contributed by atoms with Gasteiger partial charge in [-0.3, -0.25) is 0 Å². The molecule has 0 aromatic heterocycles. The minimum absolute atomic E-state index is 1.01. The fourth-order valence-corrected chi connectivity index (χ4v) is 10.8. The lowest BCUT2D eigenvalue weighted by Crippen LogP contribution is -2.13. The van der Waals surface area contributed by atoms with Gasteiger partial charge in [0.2, 0.25) is 0 Å². The summed E-state index contributed by atoms with van der Waals surface area (Å²) in [5.41, 5.74) is 25.8. The molecule has 0 saturated carbocycles. The van der Waals surface area contributed by atoms with Crippen LogP contribution in [-0.2, 0) is 0 Å². The van der Waals surface area contributed by atoms with Gasteiger partial charge in [-0.25, -0.2) is 0 Å². The molecule has 1 aliphatic rings. The standard InChI is InChI=1S/C66H50N2/c1-41-35-51(36-42(2)45(41)5)67(61-29-17-25-47-23-13-15-27-53(47)61)63-39-59(49-19-9-7-10-20-49)55-32-34-58-64(40-60(50-21-11-8-12-22-50)56-31-33-57(63)65(55)66(56)58)68(52-37-43(3)46(6)44(4)38-52)62-30-18-26-48-24-14-16-28-54(48)62/h7-11,13-21,23-40H,1-6H3. The molecule has 11 aromatic rings. The second-order valence-corrected chi connectivity index (χ2v) is 18.6. The van der Waals surface area contributed by atoms with Gasteiger partial charge in [-0.05, 0) is 168 Å². The van der Waals surface area contributed by atoms with Gasteiger partial charge in [-0.2, -0.15) is 0 Å². The zero-order chi connectivity index (χ0) is 46.2. The molecule has 0 radical (unpaired) electrons. The highest BCUT2D eigenvalue weighted by molar-refractivity contribution is 6.32. The molecule has 2 heteroatoms. The molecule has 11 aromatic carbocycles. The Kier molecular flexibility index (Phi) is 9.78. The van der Waals surface area contributed by atoms with Crippen LogP contribution in [0.4, 0.5) is 34.1 Å². The molecule has 0 saturated heterocycles. The minimum Gasteiger partial charge on any atom is -0.309 e. The van der Waals surface area contributed by atoms with E-state index in [9.17, 15) is 0 Å². The van der Waals surface area contributed by atoms with Crippen LogP contribution in [0.3, 0.4) is 0 Å². The van der Waals surface area contributed by atoms with Gasteiger partial charge in [0, 0.05) is 54.8 Å². The minimum atomic E-state index is 1.01. The number of benzene rings is 11. The number of fused-ring (bicyclic) bond motifs is 2. The van der Waals surface area contributed by atoms with E-state index in [1.165, 1.54) is 98.4 Å². The zero-order valence-corrected chi connectivity index (χ0v) is 39.4.